The molecule has 0 radical (unpaired) electrons. The second kappa shape index (κ2) is 5.17. The molecule has 0 saturated heterocycles. The number of rotatable bonds is 1. The van der Waals surface area contributed by atoms with Crippen LogP contribution in [-0.4, -0.2) is 0 Å². The number of nitriles is 1. The largest absolute Gasteiger partial charge is 0.455 e. The van der Waals surface area contributed by atoms with Gasteiger partial charge in [-0.05, 0) is 36.8 Å². The molecule has 2 aromatic carbocycles. The van der Waals surface area contributed by atoms with Crippen molar-refractivity contribution in [2.75, 3.05) is 0 Å². The van der Waals surface area contributed by atoms with Crippen LogP contribution in [0.5, 0.6) is 0 Å². The number of aryl methyl sites for hydroxylation is 2. The summed E-state index contributed by atoms with van der Waals surface area (Å²) in [5.41, 5.74) is 3.98. The van der Waals surface area contributed by atoms with Gasteiger partial charge in [0.25, 0.3) is 0 Å². The molecule has 2 heterocycles. The van der Waals surface area contributed by atoms with E-state index in [4.69, 9.17) is 4.42 Å². The predicted octanol–water partition coefficient (Wildman–Crippen LogP) is 4.40. The Bertz CT molecular complexity index is 1150. The van der Waals surface area contributed by atoms with Crippen LogP contribution in [0, 0.1) is 24.1 Å². The quantitative estimate of drug-likeness (QED) is 0.488. The van der Waals surface area contributed by atoms with Gasteiger partial charge < -0.3 is 4.42 Å². The number of hydrogen-bond acceptors (Lipinski definition) is 2. The summed E-state index contributed by atoms with van der Waals surface area (Å²) in [5, 5.41) is 10.3. The Balaban J connectivity index is 2.25. The number of pyridine rings is 1. The van der Waals surface area contributed by atoms with E-state index in [0.29, 0.717) is 27.5 Å². The van der Waals surface area contributed by atoms with E-state index < -0.39 is 0 Å². The number of aromatic nitrogens is 1. The zero-order valence-corrected chi connectivity index (χ0v) is 13.3. The van der Waals surface area contributed by atoms with Crippen molar-refractivity contribution in [3.05, 3.63) is 65.6 Å². The first-order valence-corrected chi connectivity index (χ1v) is 7.61. The van der Waals surface area contributed by atoms with Crippen LogP contribution in [0.25, 0.3) is 33.2 Å². The molecular weight excluding hydrogens is 303 g/mol. The smallest absolute Gasteiger partial charge is 0.216 e. The fourth-order valence-electron chi connectivity index (χ4n) is 3.26. The number of hydrogen-bond donors (Lipinski definition) is 0. The maximum atomic E-state index is 14.7. The van der Waals surface area contributed by atoms with E-state index in [-0.39, 0.29) is 5.82 Å². The van der Waals surface area contributed by atoms with E-state index in [1.807, 2.05) is 42.9 Å². The first-order valence-electron chi connectivity index (χ1n) is 7.61. The van der Waals surface area contributed by atoms with Gasteiger partial charge in [-0.2, -0.15) is 5.26 Å². The number of fused-ring (bicyclic) bond motifs is 3. The van der Waals surface area contributed by atoms with Crippen molar-refractivity contribution < 1.29 is 13.4 Å². The van der Waals surface area contributed by atoms with Crippen LogP contribution in [0.15, 0.2) is 53.1 Å². The topological polar surface area (TPSA) is 40.8 Å². The molecule has 2 aromatic heterocycles. The third-order valence-corrected chi connectivity index (χ3v) is 4.35. The molecular formula is C20H14FN2O+. The summed E-state index contributed by atoms with van der Waals surface area (Å²) in [5.74, 6) is -0.369. The Morgan fingerprint density at radius 2 is 1.96 bits per heavy atom. The second-order valence-corrected chi connectivity index (χ2v) is 5.84. The van der Waals surface area contributed by atoms with Crippen LogP contribution in [0.2, 0.25) is 0 Å². The van der Waals surface area contributed by atoms with Gasteiger partial charge in [0.15, 0.2) is 11.8 Å². The molecule has 4 heteroatoms. The first-order chi connectivity index (χ1) is 11.6. The lowest BCUT2D eigenvalue weighted by atomic mass is 9.99. The van der Waals surface area contributed by atoms with Crippen LogP contribution in [0.3, 0.4) is 0 Å². The SMILES string of the molecule is Cc1cc(F)c2c(oc3cccc(C#N)c32)c1-c1cccc[n+]1C. The van der Waals surface area contributed by atoms with Crippen LogP contribution >= 0.6 is 0 Å². The molecule has 0 atom stereocenters. The summed E-state index contributed by atoms with van der Waals surface area (Å²) >= 11 is 0. The Hall–Kier alpha value is -3.19. The van der Waals surface area contributed by atoms with Gasteiger partial charge in [-0.25, -0.2) is 8.96 Å². The summed E-state index contributed by atoms with van der Waals surface area (Å²) in [6.07, 6.45) is 1.94. The molecule has 24 heavy (non-hydrogen) atoms. The van der Waals surface area contributed by atoms with Crippen molar-refractivity contribution in [2.24, 2.45) is 7.05 Å². The summed E-state index contributed by atoms with van der Waals surface area (Å²) < 4.78 is 22.7. The van der Waals surface area contributed by atoms with Crippen LogP contribution in [0.4, 0.5) is 4.39 Å². The molecule has 0 saturated carbocycles. The molecule has 0 amide bonds. The fourth-order valence-corrected chi connectivity index (χ4v) is 3.26. The number of nitrogens with zero attached hydrogens (tertiary/aromatic N) is 2. The first kappa shape index (κ1) is 14.4. The van der Waals surface area contributed by atoms with E-state index in [0.717, 1.165) is 16.8 Å². The van der Waals surface area contributed by atoms with Crippen molar-refractivity contribution >= 4 is 21.9 Å². The molecule has 0 fully saturated rings. The molecule has 116 valence electrons. The highest BCUT2D eigenvalue weighted by molar-refractivity contribution is 6.12. The highest BCUT2D eigenvalue weighted by Gasteiger charge is 2.24. The minimum Gasteiger partial charge on any atom is -0.455 e. The van der Waals surface area contributed by atoms with Gasteiger partial charge in [0.2, 0.25) is 5.69 Å². The van der Waals surface area contributed by atoms with Gasteiger partial charge >= 0.3 is 0 Å². The Labute approximate surface area is 138 Å². The van der Waals surface area contributed by atoms with Crippen molar-refractivity contribution in [3.8, 4) is 17.3 Å². The maximum Gasteiger partial charge on any atom is 0.216 e. The number of benzene rings is 2. The standard InChI is InChI=1S/C20H14FN2O/c1-12-10-14(21)19-18-13(11-22)6-5-8-16(18)24-20(19)17(12)15-7-3-4-9-23(15)2/h3-10H,1-2H3/q+1. The Morgan fingerprint density at radius 1 is 1.12 bits per heavy atom. The van der Waals surface area contributed by atoms with Crippen molar-refractivity contribution in [1.29, 1.82) is 5.26 Å². The second-order valence-electron chi connectivity index (χ2n) is 5.84. The normalized spacial score (nSPS) is 11.1. The average Bonchev–Trinajstić information content (AvgIpc) is 2.96. The van der Waals surface area contributed by atoms with Gasteiger partial charge in [-0.1, -0.05) is 6.07 Å². The van der Waals surface area contributed by atoms with Gasteiger partial charge in [-0.15, -0.1) is 0 Å². The molecule has 4 rings (SSSR count). The van der Waals surface area contributed by atoms with Crippen LogP contribution in [-0.2, 0) is 7.05 Å². The van der Waals surface area contributed by atoms with Gasteiger partial charge in [0.1, 0.15) is 18.4 Å². The van der Waals surface area contributed by atoms with E-state index >= 15 is 0 Å². The lowest BCUT2D eigenvalue weighted by molar-refractivity contribution is -0.660. The summed E-state index contributed by atoms with van der Waals surface area (Å²) in [7, 11) is 1.94. The van der Waals surface area contributed by atoms with E-state index in [1.165, 1.54) is 6.07 Å². The lowest BCUT2D eigenvalue weighted by Gasteiger charge is -2.06. The van der Waals surface area contributed by atoms with E-state index in [1.54, 1.807) is 18.2 Å². The van der Waals surface area contributed by atoms with Crippen LogP contribution < -0.4 is 4.57 Å². The fraction of sp³-hybridized carbons (Fsp3) is 0.100. The Morgan fingerprint density at radius 3 is 2.71 bits per heavy atom. The summed E-state index contributed by atoms with van der Waals surface area (Å²) in [4.78, 5) is 0. The molecule has 0 aliphatic rings. The average molecular weight is 317 g/mol. The summed E-state index contributed by atoms with van der Waals surface area (Å²) in [6, 6.07) is 14.7. The third kappa shape index (κ3) is 1.92. The van der Waals surface area contributed by atoms with Crippen molar-refractivity contribution in [1.82, 2.24) is 0 Å². The molecule has 0 unspecified atom stereocenters. The number of halogens is 1. The number of furan rings is 1. The van der Waals surface area contributed by atoms with Gasteiger partial charge in [0.05, 0.1) is 22.6 Å². The minimum atomic E-state index is -0.369. The highest BCUT2D eigenvalue weighted by atomic mass is 19.1. The molecule has 3 nitrogen and oxygen atoms in total. The molecule has 0 aliphatic carbocycles. The highest BCUT2D eigenvalue weighted by Crippen LogP contribution is 2.39. The predicted molar refractivity (Wildman–Crippen MR) is 89.7 cm³/mol. The third-order valence-electron chi connectivity index (χ3n) is 4.35. The minimum absolute atomic E-state index is 0.367. The lowest BCUT2D eigenvalue weighted by Crippen LogP contribution is -2.30. The van der Waals surface area contributed by atoms with Crippen molar-refractivity contribution in [3.63, 3.8) is 0 Å². The molecule has 0 N–H and O–H groups in total. The zero-order chi connectivity index (χ0) is 16.8. The molecule has 0 bridgehead atoms. The van der Waals surface area contributed by atoms with Crippen molar-refractivity contribution in [2.45, 2.75) is 6.92 Å². The monoisotopic (exact) mass is 317 g/mol. The molecule has 4 aromatic rings. The van der Waals surface area contributed by atoms with Crippen LogP contribution in [0.1, 0.15) is 11.1 Å². The Kier molecular flexibility index (Phi) is 3.10. The summed E-state index contributed by atoms with van der Waals surface area (Å²) in [6.45, 7) is 1.86. The molecule has 0 aliphatic heterocycles. The maximum absolute atomic E-state index is 14.7. The molecule has 0 spiro atoms. The van der Waals surface area contributed by atoms with E-state index in [2.05, 4.69) is 6.07 Å². The van der Waals surface area contributed by atoms with Gasteiger partial charge in [-0.3, -0.25) is 0 Å². The van der Waals surface area contributed by atoms with E-state index in [9.17, 15) is 9.65 Å². The zero-order valence-electron chi connectivity index (χ0n) is 13.3. The van der Waals surface area contributed by atoms with Gasteiger partial charge in [0, 0.05) is 17.5 Å².